The summed E-state index contributed by atoms with van der Waals surface area (Å²) in [6.07, 6.45) is 1.95. The largest absolute Gasteiger partial charge is 0.483 e. The highest BCUT2D eigenvalue weighted by Gasteiger charge is 2.08. The van der Waals surface area contributed by atoms with E-state index in [-0.39, 0.29) is 12.5 Å². The molecule has 1 amide bonds. The van der Waals surface area contributed by atoms with Crippen molar-refractivity contribution >= 4 is 23.4 Å². The topological polar surface area (TPSA) is 62.1 Å². The van der Waals surface area contributed by atoms with E-state index >= 15 is 0 Å². The number of carbonyl (C=O) groups is 1. The van der Waals surface area contributed by atoms with Gasteiger partial charge in [0.2, 0.25) is 0 Å². The Morgan fingerprint density at radius 2 is 1.95 bits per heavy atom. The highest BCUT2D eigenvalue weighted by molar-refractivity contribution is 7.98. The predicted molar refractivity (Wildman–Crippen MR) is 83.5 cm³/mol. The van der Waals surface area contributed by atoms with Crippen molar-refractivity contribution in [1.29, 1.82) is 5.26 Å². The summed E-state index contributed by atoms with van der Waals surface area (Å²) in [6.45, 7) is -0.0999. The van der Waals surface area contributed by atoms with E-state index in [0.717, 1.165) is 4.90 Å². The Labute approximate surface area is 127 Å². The van der Waals surface area contributed by atoms with Crippen molar-refractivity contribution in [2.24, 2.45) is 0 Å². The van der Waals surface area contributed by atoms with E-state index < -0.39 is 0 Å². The third-order valence-electron chi connectivity index (χ3n) is 2.75. The standard InChI is InChI=1S/C16H14N2O2S/c1-21-15-9-5-4-8-14(15)20-11-16(19)18-13-7-3-2-6-12(13)10-17/h2-9H,11H2,1H3,(H,18,19). The summed E-state index contributed by atoms with van der Waals surface area (Å²) in [6, 6.07) is 16.4. The van der Waals surface area contributed by atoms with Crippen LogP contribution in [-0.2, 0) is 4.79 Å². The molecular formula is C16H14N2O2S. The number of para-hydroxylation sites is 2. The first-order valence-corrected chi connectivity index (χ1v) is 7.52. The molecule has 2 rings (SSSR count). The molecule has 0 fully saturated rings. The minimum atomic E-state index is -0.298. The van der Waals surface area contributed by atoms with Gasteiger partial charge in [0, 0.05) is 4.90 Å². The lowest BCUT2D eigenvalue weighted by Crippen LogP contribution is -2.20. The molecule has 4 nitrogen and oxygen atoms in total. The average molecular weight is 298 g/mol. The van der Waals surface area contributed by atoms with E-state index in [4.69, 9.17) is 10.00 Å². The van der Waals surface area contributed by atoms with E-state index in [1.54, 1.807) is 36.0 Å². The predicted octanol–water partition coefficient (Wildman–Crippen LogP) is 3.30. The number of anilines is 1. The highest BCUT2D eigenvalue weighted by Crippen LogP contribution is 2.26. The Bertz CT molecular complexity index is 680. The van der Waals surface area contributed by atoms with Crippen LogP contribution in [0.15, 0.2) is 53.4 Å². The molecule has 0 aliphatic heterocycles. The number of amides is 1. The number of nitrogens with zero attached hydrogens (tertiary/aromatic N) is 1. The number of ether oxygens (including phenoxy) is 1. The fourth-order valence-corrected chi connectivity index (χ4v) is 2.30. The molecule has 1 N–H and O–H groups in total. The molecule has 0 saturated heterocycles. The Kier molecular flexibility index (Phi) is 5.24. The van der Waals surface area contributed by atoms with Crippen molar-refractivity contribution in [1.82, 2.24) is 0 Å². The van der Waals surface area contributed by atoms with E-state index in [0.29, 0.717) is 17.0 Å². The number of nitriles is 1. The summed E-state index contributed by atoms with van der Waals surface area (Å²) in [5.41, 5.74) is 0.919. The number of benzene rings is 2. The van der Waals surface area contributed by atoms with Crippen LogP contribution in [-0.4, -0.2) is 18.8 Å². The van der Waals surface area contributed by atoms with Gasteiger partial charge in [-0.1, -0.05) is 24.3 Å². The summed E-state index contributed by atoms with van der Waals surface area (Å²) in [5.74, 6) is 0.377. The minimum absolute atomic E-state index is 0.0999. The van der Waals surface area contributed by atoms with E-state index in [1.807, 2.05) is 36.6 Å². The van der Waals surface area contributed by atoms with E-state index in [2.05, 4.69) is 5.32 Å². The molecule has 0 saturated carbocycles. The molecule has 106 valence electrons. The van der Waals surface area contributed by atoms with Crippen LogP contribution in [0.25, 0.3) is 0 Å². The summed E-state index contributed by atoms with van der Waals surface area (Å²) in [7, 11) is 0. The molecule has 0 heterocycles. The Morgan fingerprint density at radius 3 is 2.71 bits per heavy atom. The van der Waals surface area contributed by atoms with Crippen LogP contribution in [0, 0.1) is 11.3 Å². The first kappa shape index (κ1) is 14.9. The minimum Gasteiger partial charge on any atom is -0.483 e. The molecule has 0 aliphatic carbocycles. The van der Waals surface area contributed by atoms with Crippen molar-refractivity contribution in [3.8, 4) is 11.8 Å². The van der Waals surface area contributed by atoms with Gasteiger partial charge in [0.05, 0.1) is 11.3 Å². The molecule has 5 heteroatoms. The van der Waals surface area contributed by atoms with Gasteiger partial charge in [-0.25, -0.2) is 0 Å². The Hall–Kier alpha value is -2.45. The maximum atomic E-state index is 11.9. The molecular weight excluding hydrogens is 284 g/mol. The SMILES string of the molecule is CSc1ccccc1OCC(=O)Nc1ccccc1C#N. The van der Waals surface area contributed by atoms with Crippen LogP contribution < -0.4 is 10.1 Å². The zero-order valence-corrected chi connectivity index (χ0v) is 12.3. The number of hydrogen-bond acceptors (Lipinski definition) is 4. The van der Waals surface area contributed by atoms with Gasteiger partial charge >= 0.3 is 0 Å². The van der Waals surface area contributed by atoms with Gasteiger partial charge in [0.25, 0.3) is 5.91 Å². The monoisotopic (exact) mass is 298 g/mol. The average Bonchev–Trinajstić information content (AvgIpc) is 2.53. The third kappa shape index (κ3) is 4.01. The zero-order chi connectivity index (χ0) is 15.1. The van der Waals surface area contributed by atoms with Gasteiger partial charge < -0.3 is 10.1 Å². The maximum absolute atomic E-state index is 11.9. The summed E-state index contributed by atoms with van der Waals surface area (Å²) >= 11 is 1.56. The number of rotatable bonds is 5. The summed E-state index contributed by atoms with van der Waals surface area (Å²) in [4.78, 5) is 12.9. The Morgan fingerprint density at radius 1 is 1.24 bits per heavy atom. The maximum Gasteiger partial charge on any atom is 0.262 e. The zero-order valence-electron chi connectivity index (χ0n) is 11.5. The lowest BCUT2D eigenvalue weighted by Gasteiger charge is -2.10. The van der Waals surface area contributed by atoms with Crippen molar-refractivity contribution in [3.63, 3.8) is 0 Å². The molecule has 0 radical (unpaired) electrons. The molecule has 0 aromatic heterocycles. The fraction of sp³-hybridized carbons (Fsp3) is 0.125. The quantitative estimate of drug-likeness (QED) is 0.860. The van der Waals surface area contributed by atoms with Gasteiger partial charge in [0.1, 0.15) is 11.8 Å². The Balaban J connectivity index is 1.98. The first-order chi connectivity index (χ1) is 10.2. The number of nitrogens with one attached hydrogen (secondary N) is 1. The fourth-order valence-electron chi connectivity index (χ4n) is 1.76. The molecule has 0 bridgehead atoms. The molecule has 0 spiro atoms. The first-order valence-electron chi connectivity index (χ1n) is 6.29. The third-order valence-corrected chi connectivity index (χ3v) is 3.53. The second-order valence-corrected chi connectivity index (χ2v) is 4.99. The molecule has 2 aromatic rings. The van der Waals surface area contributed by atoms with Gasteiger partial charge in [-0.05, 0) is 30.5 Å². The van der Waals surface area contributed by atoms with Crippen molar-refractivity contribution < 1.29 is 9.53 Å². The molecule has 21 heavy (non-hydrogen) atoms. The van der Waals surface area contributed by atoms with Crippen LogP contribution in [0.4, 0.5) is 5.69 Å². The van der Waals surface area contributed by atoms with Gasteiger partial charge in [0.15, 0.2) is 6.61 Å². The normalized spacial score (nSPS) is 9.71. The van der Waals surface area contributed by atoms with Crippen molar-refractivity contribution in [2.45, 2.75) is 4.90 Å². The molecule has 0 unspecified atom stereocenters. The second-order valence-electron chi connectivity index (χ2n) is 4.15. The van der Waals surface area contributed by atoms with Crippen LogP contribution in [0.3, 0.4) is 0 Å². The van der Waals surface area contributed by atoms with Gasteiger partial charge in [-0.3, -0.25) is 4.79 Å². The van der Waals surface area contributed by atoms with Gasteiger partial charge in [-0.2, -0.15) is 5.26 Å². The summed E-state index contributed by atoms with van der Waals surface area (Å²) < 4.78 is 5.52. The van der Waals surface area contributed by atoms with E-state index in [9.17, 15) is 4.79 Å². The lowest BCUT2D eigenvalue weighted by atomic mass is 10.2. The second kappa shape index (κ2) is 7.36. The van der Waals surface area contributed by atoms with Crippen LogP contribution >= 0.6 is 11.8 Å². The van der Waals surface area contributed by atoms with Crippen LogP contribution in [0.5, 0.6) is 5.75 Å². The number of thioether (sulfide) groups is 1. The lowest BCUT2D eigenvalue weighted by molar-refractivity contribution is -0.118. The van der Waals surface area contributed by atoms with Crippen LogP contribution in [0.1, 0.15) is 5.56 Å². The smallest absolute Gasteiger partial charge is 0.262 e. The molecule has 2 aromatic carbocycles. The molecule has 0 atom stereocenters. The van der Waals surface area contributed by atoms with E-state index in [1.165, 1.54) is 0 Å². The van der Waals surface area contributed by atoms with Crippen LogP contribution in [0.2, 0.25) is 0 Å². The summed E-state index contributed by atoms with van der Waals surface area (Å²) in [5, 5.41) is 11.6. The number of hydrogen-bond donors (Lipinski definition) is 1. The number of carbonyl (C=O) groups excluding carboxylic acids is 1. The van der Waals surface area contributed by atoms with Crippen molar-refractivity contribution in [2.75, 3.05) is 18.2 Å². The highest BCUT2D eigenvalue weighted by atomic mass is 32.2. The van der Waals surface area contributed by atoms with Crippen molar-refractivity contribution in [3.05, 3.63) is 54.1 Å². The van der Waals surface area contributed by atoms with Gasteiger partial charge in [-0.15, -0.1) is 11.8 Å². The molecule has 0 aliphatic rings.